The molecular weight excluding hydrogens is 350 g/mol. The lowest BCUT2D eigenvalue weighted by molar-refractivity contribution is 0.585. The molecule has 0 atom stereocenters. The molecule has 0 bridgehead atoms. The van der Waals surface area contributed by atoms with Crippen LogP contribution < -0.4 is 10.6 Å². The fourth-order valence-electron chi connectivity index (χ4n) is 2.52. The number of nitrogens with zero attached hydrogens (tertiary/aromatic N) is 4. The third-order valence-electron chi connectivity index (χ3n) is 3.83. The van der Waals surface area contributed by atoms with Crippen molar-refractivity contribution >= 4 is 5.96 Å². The largest absolute Gasteiger partial charge is 0.357 e. The smallest absolute Gasteiger partial charge is 0.191 e. The predicted molar refractivity (Wildman–Crippen MR) is 99.4 cm³/mol. The van der Waals surface area contributed by atoms with E-state index in [1.54, 1.807) is 6.33 Å². The third-order valence-corrected chi connectivity index (χ3v) is 3.83. The maximum Gasteiger partial charge on any atom is 0.191 e. The highest BCUT2D eigenvalue weighted by atomic mass is 19.1. The maximum absolute atomic E-state index is 13.8. The summed E-state index contributed by atoms with van der Waals surface area (Å²) in [4.78, 5) is 4.32. The molecule has 1 aromatic heterocycles. The second-order valence-corrected chi connectivity index (χ2v) is 5.74. The van der Waals surface area contributed by atoms with Crippen LogP contribution >= 0.6 is 0 Å². The van der Waals surface area contributed by atoms with Crippen molar-refractivity contribution in [1.29, 1.82) is 0 Å². The standard InChI is InChI=1S/C19H20F2N6/c1-2-22-19(23-11-14-10-15(20)8-9-17(14)21)24-12-18-26-25-13-27(18)16-6-4-3-5-7-16/h3-10,13H,2,11-12H2,1H3,(H2,22,23,24). The maximum atomic E-state index is 13.8. The molecule has 0 aliphatic heterocycles. The van der Waals surface area contributed by atoms with Gasteiger partial charge in [0, 0.05) is 17.8 Å². The summed E-state index contributed by atoms with van der Waals surface area (Å²) in [6, 6.07) is 13.1. The van der Waals surface area contributed by atoms with E-state index >= 15 is 0 Å². The molecule has 0 unspecified atom stereocenters. The van der Waals surface area contributed by atoms with E-state index in [-0.39, 0.29) is 12.1 Å². The first-order chi connectivity index (χ1) is 13.2. The number of hydrogen-bond acceptors (Lipinski definition) is 3. The molecule has 0 fully saturated rings. The fraction of sp³-hybridized carbons (Fsp3) is 0.211. The molecule has 0 radical (unpaired) electrons. The number of para-hydroxylation sites is 1. The highest BCUT2D eigenvalue weighted by Crippen LogP contribution is 2.11. The highest BCUT2D eigenvalue weighted by molar-refractivity contribution is 5.79. The van der Waals surface area contributed by atoms with Crippen LogP contribution in [0.25, 0.3) is 5.69 Å². The minimum Gasteiger partial charge on any atom is -0.357 e. The minimum atomic E-state index is -0.490. The Hall–Kier alpha value is -3.29. The molecule has 2 N–H and O–H groups in total. The molecule has 2 aromatic carbocycles. The Morgan fingerprint density at radius 2 is 1.93 bits per heavy atom. The van der Waals surface area contributed by atoms with Gasteiger partial charge in [0.05, 0.1) is 13.1 Å². The molecule has 6 nitrogen and oxygen atoms in total. The monoisotopic (exact) mass is 370 g/mol. The molecule has 0 aliphatic rings. The molecule has 0 amide bonds. The molecule has 3 rings (SSSR count). The summed E-state index contributed by atoms with van der Waals surface area (Å²) in [6.07, 6.45) is 1.64. The zero-order chi connectivity index (χ0) is 19.1. The van der Waals surface area contributed by atoms with Crippen LogP contribution in [0.3, 0.4) is 0 Å². The van der Waals surface area contributed by atoms with Crippen LogP contribution in [0.2, 0.25) is 0 Å². The van der Waals surface area contributed by atoms with Crippen LogP contribution in [0.4, 0.5) is 8.78 Å². The SMILES string of the molecule is CCNC(=NCc1cc(F)ccc1F)NCc1nncn1-c1ccccc1. The molecule has 8 heteroatoms. The van der Waals surface area contributed by atoms with E-state index in [4.69, 9.17) is 0 Å². The Bertz CT molecular complexity index is 908. The Morgan fingerprint density at radius 1 is 1.11 bits per heavy atom. The van der Waals surface area contributed by atoms with Crippen LogP contribution in [-0.2, 0) is 13.1 Å². The van der Waals surface area contributed by atoms with Crippen LogP contribution in [0, 0.1) is 11.6 Å². The van der Waals surface area contributed by atoms with Gasteiger partial charge in [0.25, 0.3) is 0 Å². The van der Waals surface area contributed by atoms with E-state index < -0.39 is 11.6 Å². The molecule has 0 spiro atoms. The highest BCUT2D eigenvalue weighted by Gasteiger charge is 2.08. The zero-order valence-corrected chi connectivity index (χ0v) is 14.9. The lowest BCUT2D eigenvalue weighted by atomic mass is 10.2. The van der Waals surface area contributed by atoms with Gasteiger partial charge in [0.1, 0.15) is 18.0 Å². The number of rotatable bonds is 6. The van der Waals surface area contributed by atoms with Gasteiger partial charge in [-0.1, -0.05) is 18.2 Å². The average molecular weight is 370 g/mol. The summed E-state index contributed by atoms with van der Waals surface area (Å²) < 4.78 is 28.9. The van der Waals surface area contributed by atoms with Crippen LogP contribution in [0.1, 0.15) is 18.3 Å². The van der Waals surface area contributed by atoms with Crippen molar-refractivity contribution in [1.82, 2.24) is 25.4 Å². The Balaban J connectivity index is 1.71. The first kappa shape index (κ1) is 18.5. The molecule has 3 aromatic rings. The van der Waals surface area contributed by atoms with Gasteiger partial charge in [-0.2, -0.15) is 0 Å². The average Bonchev–Trinajstić information content (AvgIpc) is 3.16. The quantitative estimate of drug-likeness (QED) is 0.517. The lowest BCUT2D eigenvalue weighted by Gasteiger charge is -2.12. The first-order valence-corrected chi connectivity index (χ1v) is 8.58. The number of aliphatic imine (C=N–C) groups is 1. The molecule has 0 aliphatic carbocycles. The summed E-state index contributed by atoms with van der Waals surface area (Å²) in [5.41, 5.74) is 1.14. The van der Waals surface area contributed by atoms with Gasteiger partial charge in [0.2, 0.25) is 0 Å². The first-order valence-electron chi connectivity index (χ1n) is 8.58. The van der Waals surface area contributed by atoms with Gasteiger partial charge < -0.3 is 10.6 Å². The topological polar surface area (TPSA) is 67.1 Å². The van der Waals surface area contributed by atoms with Gasteiger partial charge in [-0.3, -0.25) is 4.57 Å². The van der Waals surface area contributed by atoms with E-state index in [1.807, 2.05) is 41.8 Å². The van der Waals surface area contributed by atoms with Gasteiger partial charge in [-0.05, 0) is 37.3 Å². The van der Waals surface area contributed by atoms with Crippen molar-refractivity contribution in [3.63, 3.8) is 0 Å². The molecule has 0 saturated heterocycles. The summed E-state index contributed by atoms with van der Waals surface area (Å²) in [6.45, 7) is 2.94. The number of guanidine groups is 1. The molecule has 140 valence electrons. The van der Waals surface area contributed by atoms with Gasteiger partial charge >= 0.3 is 0 Å². The van der Waals surface area contributed by atoms with E-state index in [1.165, 1.54) is 0 Å². The third kappa shape index (κ3) is 4.87. The predicted octanol–water partition coefficient (Wildman–Crippen LogP) is 2.80. The van der Waals surface area contributed by atoms with Crippen molar-refractivity contribution < 1.29 is 8.78 Å². The van der Waals surface area contributed by atoms with Crippen LogP contribution in [0.15, 0.2) is 59.9 Å². The van der Waals surface area contributed by atoms with Crippen molar-refractivity contribution in [2.24, 2.45) is 4.99 Å². The van der Waals surface area contributed by atoms with Crippen molar-refractivity contribution in [2.75, 3.05) is 6.54 Å². The van der Waals surface area contributed by atoms with Crippen LogP contribution in [0.5, 0.6) is 0 Å². The number of hydrogen-bond donors (Lipinski definition) is 2. The Morgan fingerprint density at radius 3 is 2.70 bits per heavy atom. The number of benzene rings is 2. The van der Waals surface area contributed by atoms with E-state index in [2.05, 4.69) is 25.8 Å². The van der Waals surface area contributed by atoms with E-state index in [9.17, 15) is 8.78 Å². The second kappa shape index (κ2) is 8.88. The zero-order valence-electron chi connectivity index (χ0n) is 14.9. The lowest BCUT2D eigenvalue weighted by Crippen LogP contribution is -2.37. The van der Waals surface area contributed by atoms with Crippen molar-refractivity contribution in [3.8, 4) is 5.69 Å². The molecule has 0 saturated carbocycles. The number of nitrogens with one attached hydrogen (secondary N) is 2. The van der Waals surface area contributed by atoms with Gasteiger partial charge in [-0.25, -0.2) is 13.8 Å². The second-order valence-electron chi connectivity index (χ2n) is 5.74. The summed E-state index contributed by atoms with van der Waals surface area (Å²) >= 11 is 0. The number of aromatic nitrogens is 3. The summed E-state index contributed by atoms with van der Waals surface area (Å²) in [7, 11) is 0. The normalized spacial score (nSPS) is 11.4. The molecule has 1 heterocycles. The van der Waals surface area contributed by atoms with Crippen LogP contribution in [-0.4, -0.2) is 27.3 Å². The molecule has 27 heavy (non-hydrogen) atoms. The van der Waals surface area contributed by atoms with E-state index in [0.717, 1.165) is 23.9 Å². The minimum absolute atomic E-state index is 0.0182. The molecular formula is C19H20F2N6. The Kier molecular flexibility index (Phi) is 6.09. The van der Waals surface area contributed by atoms with Crippen molar-refractivity contribution in [2.45, 2.75) is 20.0 Å². The fourth-order valence-corrected chi connectivity index (χ4v) is 2.52. The van der Waals surface area contributed by atoms with Crippen molar-refractivity contribution in [3.05, 3.63) is 77.9 Å². The van der Waals surface area contributed by atoms with E-state index in [0.29, 0.717) is 24.9 Å². The summed E-state index contributed by atoms with van der Waals surface area (Å²) in [5, 5.41) is 14.3. The summed E-state index contributed by atoms with van der Waals surface area (Å²) in [5.74, 6) is 0.197. The van der Waals surface area contributed by atoms with Gasteiger partial charge in [0.15, 0.2) is 11.8 Å². The Labute approximate surface area is 156 Å². The number of halogens is 2. The van der Waals surface area contributed by atoms with Gasteiger partial charge in [-0.15, -0.1) is 10.2 Å².